The Balaban J connectivity index is 1.55. The molecule has 0 aromatic heterocycles. The van der Waals surface area contributed by atoms with E-state index in [9.17, 15) is 14.7 Å². The van der Waals surface area contributed by atoms with Gasteiger partial charge in [-0.15, -0.1) is 0 Å². The SMILES string of the molecule is Cc1ccccc1C1CCCN1C(=O)CCC(=O)N1CCC(O)CC1. The first-order valence-electron chi connectivity index (χ1n) is 9.37. The van der Waals surface area contributed by atoms with Crippen LogP contribution in [-0.2, 0) is 9.59 Å². The molecule has 2 saturated heterocycles. The van der Waals surface area contributed by atoms with E-state index in [1.807, 2.05) is 17.0 Å². The lowest BCUT2D eigenvalue weighted by molar-refractivity contribution is -0.138. The minimum absolute atomic E-state index is 0.0342. The summed E-state index contributed by atoms with van der Waals surface area (Å²) >= 11 is 0. The number of hydrogen-bond donors (Lipinski definition) is 1. The van der Waals surface area contributed by atoms with Crippen molar-refractivity contribution in [3.8, 4) is 0 Å². The molecule has 1 unspecified atom stereocenters. The fourth-order valence-electron chi connectivity index (χ4n) is 3.98. The van der Waals surface area contributed by atoms with Crippen molar-refractivity contribution in [2.24, 2.45) is 0 Å². The molecule has 2 aliphatic rings. The number of aliphatic hydroxyl groups excluding tert-OH is 1. The van der Waals surface area contributed by atoms with Crippen LogP contribution in [0.2, 0.25) is 0 Å². The zero-order valence-corrected chi connectivity index (χ0v) is 15.0. The van der Waals surface area contributed by atoms with E-state index in [1.165, 1.54) is 11.1 Å². The van der Waals surface area contributed by atoms with Crippen molar-refractivity contribution in [3.63, 3.8) is 0 Å². The van der Waals surface area contributed by atoms with Crippen LogP contribution >= 0.6 is 0 Å². The highest BCUT2D eigenvalue weighted by molar-refractivity contribution is 5.84. The molecule has 2 amide bonds. The van der Waals surface area contributed by atoms with Gasteiger partial charge in [-0.25, -0.2) is 0 Å². The Kier molecular flexibility index (Phi) is 5.74. The van der Waals surface area contributed by atoms with Gasteiger partial charge < -0.3 is 14.9 Å². The van der Waals surface area contributed by atoms with Gasteiger partial charge >= 0.3 is 0 Å². The molecule has 1 N–H and O–H groups in total. The van der Waals surface area contributed by atoms with Gasteiger partial charge in [0.2, 0.25) is 11.8 Å². The highest BCUT2D eigenvalue weighted by Gasteiger charge is 2.31. The van der Waals surface area contributed by atoms with Crippen molar-refractivity contribution in [2.75, 3.05) is 19.6 Å². The summed E-state index contributed by atoms with van der Waals surface area (Å²) in [6.07, 6.45) is 3.55. The molecular weight excluding hydrogens is 316 g/mol. The first kappa shape index (κ1) is 17.9. The van der Waals surface area contributed by atoms with Crippen LogP contribution in [0, 0.1) is 6.92 Å². The fraction of sp³-hybridized carbons (Fsp3) is 0.600. The maximum Gasteiger partial charge on any atom is 0.223 e. The van der Waals surface area contributed by atoms with Gasteiger partial charge in [-0.3, -0.25) is 9.59 Å². The van der Waals surface area contributed by atoms with Gasteiger partial charge in [0, 0.05) is 32.5 Å². The Hall–Kier alpha value is -1.88. The van der Waals surface area contributed by atoms with Gasteiger partial charge in [-0.05, 0) is 43.7 Å². The number of nitrogens with zero attached hydrogens (tertiary/aromatic N) is 2. The van der Waals surface area contributed by atoms with Crippen LogP contribution in [0.4, 0.5) is 0 Å². The van der Waals surface area contributed by atoms with Crippen molar-refractivity contribution in [1.29, 1.82) is 0 Å². The normalized spacial score (nSPS) is 21.6. The molecule has 5 nitrogen and oxygen atoms in total. The Bertz CT molecular complexity index is 623. The number of aliphatic hydroxyl groups is 1. The number of piperidine rings is 1. The number of hydrogen-bond acceptors (Lipinski definition) is 3. The zero-order valence-electron chi connectivity index (χ0n) is 15.0. The molecule has 0 aliphatic carbocycles. The van der Waals surface area contributed by atoms with E-state index < -0.39 is 0 Å². The lowest BCUT2D eigenvalue weighted by atomic mass is 9.99. The summed E-state index contributed by atoms with van der Waals surface area (Å²) < 4.78 is 0. The molecule has 2 heterocycles. The smallest absolute Gasteiger partial charge is 0.223 e. The lowest BCUT2D eigenvalue weighted by Gasteiger charge is -2.30. The van der Waals surface area contributed by atoms with Crippen LogP contribution in [0.5, 0.6) is 0 Å². The van der Waals surface area contributed by atoms with Crippen LogP contribution in [0.15, 0.2) is 24.3 Å². The third-order valence-corrected chi connectivity index (χ3v) is 5.49. The van der Waals surface area contributed by atoms with Crippen molar-refractivity contribution >= 4 is 11.8 Å². The third kappa shape index (κ3) is 4.21. The van der Waals surface area contributed by atoms with Gasteiger partial charge in [0.15, 0.2) is 0 Å². The third-order valence-electron chi connectivity index (χ3n) is 5.49. The number of carbonyl (C=O) groups is 2. The van der Waals surface area contributed by atoms with E-state index >= 15 is 0 Å². The number of rotatable bonds is 4. The van der Waals surface area contributed by atoms with Gasteiger partial charge in [0.1, 0.15) is 0 Å². The van der Waals surface area contributed by atoms with E-state index in [4.69, 9.17) is 0 Å². The summed E-state index contributed by atoms with van der Waals surface area (Å²) in [5.41, 5.74) is 2.44. The molecule has 1 aromatic rings. The Morgan fingerprint density at radius 1 is 1.04 bits per heavy atom. The second kappa shape index (κ2) is 8.00. The summed E-state index contributed by atoms with van der Waals surface area (Å²) in [7, 11) is 0. The summed E-state index contributed by atoms with van der Waals surface area (Å²) in [5, 5.41) is 9.53. The van der Waals surface area contributed by atoms with Crippen LogP contribution in [0.1, 0.15) is 55.7 Å². The molecule has 5 heteroatoms. The minimum atomic E-state index is -0.287. The molecule has 2 fully saturated rings. The second-order valence-electron chi connectivity index (χ2n) is 7.21. The summed E-state index contributed by atoms with van der Waals surface area (Å²) in [6.45, 7) is 4.07. The topological polar surface area (TPSA) is 60.9 Å². The highest BCUT2D eigenvalue weighted by atomic mass is 16.3. The predicted molar refractivity (Wildman–Crippen MR) is 95.9 cm³/mol. The number of benzene rings is 1. The van der Waals surface area contributed by atoms with Crippen molar-refractivity contribution in [2.45, 2.75) is 57.6 Å². The summed E-state index contributed by atoms with van der Waals surface area (Å²) in [6, 6.07) is 8.39. The van der Waals surface area contributed by atoms with Crippen LogP contribution < -0.4 is 0 Å². The molecule has 136 valence electrons. The molecule has 1 aromatic carbocycles. The van der Waals surface area contributed by atoms with E-state index in [0.717, 1.165) is 19.4 Å². The predicted octanol–water partition coefficient (Wildman–Crippen LogP) is 2.42. The van der Waals surface area contributed by atoms with Crippen molar-refractivity contribution < 1.29 is 14.7 Å². The van der Waals surface area contributed by atoms with Crippen molar-refractivity contribution in [1.82, 2.24) is 9.80 Å². The molecule has 3 rings (SSSR count). The zero-order chi connectivity index (χ0) is 17.8. The largest absolute Gasteiger partial charge is 0.393 e. The number of likely N-dealkylation sites (tertiary alicyclic amines) is 2. The fourth-order valence-corrected chi connectivity index (χ4v) is 3.98. The van der Waals surface area contributed by atoms with Gasteiger partial charge in [-0.2, -0.15) is 0 Å². The monoisotopic (exact) mass is 344 g/mol. The van der Waals surface area contributed by atoms with Crippen LogP contribution in [0.3, 0.4) is 0 Å². The minimum Gasteiger partial charge on any atom is -0.393 e. The molecule has 1 atom stereocenters. The van der Waals surface area contributed by atoms with Crippen LogP contribution in [-0.4, -0.2) is 52.5 Å². The molecular formula is C20H28N2O3. The molecule has 0 bridgehead atoms. The van der Waals surface area contributed by atoms with Crippen molar-refractivity contribution in [3.05, 3.63) is 35.4 Å². The number of carbonyl (C=O) groups excluding carboxylic acids is 2. The highest BCUT2D eigenvalue weighted by Crippen LogP contribution is 2.34. The number of amides is 2. The maximum absolute atomic E-state index is 12.7. The first-order valence-corrected chi connectivity index (χ1v) is 9.37. The Morgan fingerprint density at radius 2 is 1.72 bits per heavy atom. The van der Waals surface area contributed by atoms with Gasteiger partial charge in [0.05, 0.1) is 12.1 Å². The summed E-state index contributed by atoms with van der Waals surface area (Å²) in [4.78, 5) is 28.7. The lowest BCUT2D eigenvalue weighted by Crippen LogP contribution is -2.40. The van der Waals surface area contributed by atoms with E-state index in [1.54, 1.807) is 4.90 Å². The molecule has 25 heavy (non-hydrogen) atoms. The quantitative estimate of drug-likeness (QED) is 0.912. The maximum atomic E-state index is 12.7. The standard InChI is InChI=1S/C20H28N2O3/c1-15-5-2-3-6-17(15)18-7-4-12-22(18)20(25)9-8-19(24)21-13-10-16(23)11-14-21/h2-3,5-6,16,18,23H,4,7-14H2,1H3. The summed E-state index contributed by atoms with van der Waals surface area (Å²) in [5.74, 6) is 0.114. The molecule has 0 radical (unpaired) electrons. The Labute approximate surface area is 149 Å². The van der Waals surface area contributed by atoms with E-state index in [2.05, 4.69) is 19.1 Å². The molecule has 2 aliphatic heterocycles. The second-order valence-corrected chi connectivity index (χ2v) is 7.21. The Morgan fingerprint density at radius 3 is 2.44 bits per heavy atom. The number of aryl methyl sites for hydroxylation is 1. The van der Waals surface area contributed by atoms with Crippen LogP contribution in [0.25, 0.3) is 0 Å². The van der Waals surface area contributed by atoms with Gasteiger partial charge in [0.25, 0.3) is 0 Å². The first-order chi connectivity index (χ1) is 12.1. The molecule has 0 spiro atoms. The van der Waals surface area contributed by atoms with E-state index in [0.29, 0.717) is 25.9 Å². The average molecular weight is 344 g/mol. The molecule has 0 saturated carbocycles. The van der Waals surface area contributed by atoms with E-state index in [-0.39, 0.29) is 36.8 Å². The average Bonchev–Trinajstić information content (AvgIpc) is 3.10. The van der Waals surface area contributed by atoms with Gasteiger partial charge in [-0.1, -0.05) is 24.3 Å².